The molecule has 3 N–H and O–H groups in total. The molecule has 8 rings (SSSR count). The van der Waals surface area contributed by atoms with E-state index in [-0.39, 0.29) is 46.6 Å². The first-order chi connectivity index (χ1) is 25.8. The van der Waals surface area contributed by atoms with E-state index in [4.69, 9.17) is 4.98 Å². The number of nitrogens with one attached hydrogen (secondary N) is 2. The van der Waals surface area contributed by atoms with Crippen LogP contribution in [0.5, 0.6) is 0 Å². The highest BCUT2D eigenvalue weighted by Crippen LogP contribution is 2.85. The van der Waals surface area contributed by atoms with Crippen molar-refractivity contribution in [3.63, 3.8) is 0 Å². The molecule has 3 amide bonds. The van der Waals surface area contributed by atoms with E-state index in [0.29, 0.717) is 12.5 Å². The van der Waals surface area contributed by atoms with E-state index >= 15 is 0 Å². The van der Waals surface area contributed by atoms with E-state index in [2.05, 4.69) is 94.2 Å². The standard InChI is InChI=1S/C43H53N7O4/c1-25(2)27(5)39(51)50-20-8-10-34(50)38-45-22-35(48(38)6)29-13-17-31(18-14-29)43-23-42(43,24-43)30-15-11-28(12-16-30)32-21-44-37(46-32)33-9-7-19-49(33)40(52)36(26(3)4)47-41(53)54/h11-18,21-22,25-27,33-34,36,47H,7-10,19-20,23-24H2,1-6H3,(H,44,46)(H,53,54). The van der Waals surface area contributed by atoms with Gasteiger partial charge in [-0.05, 0) is 72.6 Å². The fraction of sp³-hybridized carbons (Fsp3) is 0.512. The first kappa shape index (κ1) is 36.1. The second-order valence-electron chi connectivity index (χ2n) is 17.0. The summed E-state index contributed by atoms with van der Waals surface area (Å²) in [6.07, 6.45) is 8.50. The molecule has 11 heteroatoms. The largest absolute Gasteiger partial charge is 0.465 e. The van der Waals surface area contributed by atoms with Gasteiger partial charge in [-0.25, -0.2) is 14.8 Å². The highest BCUT2D eigenvalue weighted by atomic mass is 16.4. The molecule has 4 aliphatic rings. The number of fused-ring (bicyclic) bond motifs is 1. The highest BCUT2D eigenvalue weighted by molar-refractivity contribution is 5.86. The van der Waals surface area contributed by atoms with Crippen LogP contribution in [0.4, 0.5) is 4.79 Å². The second kappa shape index (κ2) is 13.4. The monoisotopic (exact) mass is 731 g/mol. The molecule has 4 atom stereocenters. The fourth-order valence-electron chi connectivity index (χ4n) is 9.42. The van der Waals surface area contributed by atoms with Crippen molar-refractivity contribution in [1.82, 2.24) is 34.6 Å². The van der Waals surface area contributed by atoms with Crippen LogP contribution >= 0.6 is 0 Å². The number of carbonyl (C=O) groups excluding carboxylic acids is 2. The van der Waals surface area contributed by atoms with E-state index in [1.54, 1.807) is 4.90 Å². The number of hydrogen-bond acceptors (Lipinski definition) is 5. The summed E-state index contributed by atoms with van der Waals surface area (Å²) in [6.45, 7) is 11.4. The Balaban J connectivity index is 0.928. The molecule has 4 unspecified atom stereocenters. The maximum Gasteiger partial charge on any atom is 0.405 e. The average molecular weight is 732 g/mol. The van der Waals surface area contributed by atoms with Gasteiger partial charge in [0.1, 0.15) is 17.7 Å². The summed E-state index contributed by atoms with van der Waals surface area (Å²) in [5.41, 5.74) is 7.31. The maximum atomic E-state index is 13.4. The molecule has 2 aromatic heterocycles. The average Bonchev–Trinajstić information content (AvgIpc) is 3.56. The number of carboxylic acid groups (broad SMARTS) is 1. The molecule has 2 aliphatic carbocycles. The first-order valence-electron chi connectivity index (χ1n) is 19.7. The van der Waals surface area contributed by atoms with Crippen molar-refractivity contribution in [2.45, 2.75) is 102 Å². The Bertz CT molecular complexity index is 2060. The van der Waals surface area contributed by atoms with Crippen molar-refractivity contribution >= 4 is 17.9 Å². The predicted octanol–water partition coefficient (Wildman–Crippen LogP) is 7.37. The van der Waals surface area contributed by atoms with Crippen molar-refractivity contribution in [3.8, 4) is 22.5 Å². The van der Waals surface area contributed by atoms with Gasteiger partial charge >= 0.3 is 6.09 Å². The maximum absolute atomic E-state index is 13.4. The third-order valence-corrected chi connectivity index (χ3v) is 13.3. The van der Waals surface area contributed by atoms with Gasteiger partial charge in [0.15, 0.2) is 0 Å². The molecule has 2 saturated carbocycles. The molecule has 284 valence electrons. The Morgan fingerprint density at radius 1 is 0.778 bits per heavy atom. The quantitative estimate of drug-likeness (QED) is 0.147. The highest BCUT2D eigenvalue weighted by Gasteiger charge is 2.83. The number of H-pyrrole nitrogens is 1. The number of aromatic amines is 1. The second-order valence-corrected chi connectivity index (χ2v) is 17.0. The molecule has 4 fully saturated rings. The van der Waals surface area contributed by atoms with Crippen LogP contribution in [0.1, 0.15) is 108 Å². The van der Waals surface area contributed by atoms with Gasteiger partial charge in [-0.3, -0.25) is 9.59 Å². The lowest BCUT2D eigenvalue weighted by Gasteiger charge is -2.29. The summed E-state index contributed by atoms with van der Waals surface area (Å²) < 4.78 is 2.18. The van der Waals surface area contributed by atoms with Crippen molar-refractivity contribution in [2.24, 2.45) is 24.8 Å². The number of benzene rings is 2. The molecule has 2 aromatic carbocycles. The molecule has 4 aromatic rings. The normalized spacial score (nSPS) is 25.6. The zero-order chi connectivity index (χ0) is 38.1. The van der Waals surface area contributed by atoms with Crippen molar-refractivity contribution in [1.29, 1.82) is 0 Å². The summed E-state index contributed by atoms with van der Waals surface area (Å²) in [5, 5.41) is 11.7. The first-order valence-corrected chi connectivity index (χ1v) is 19.7. The number of hydrogen-bond donors (Lipinski definition) is 3. The van der Waals surface area contributed by atoms with Gasteiger partial charge in [0.2, 0.25) is 11.8 Å². The van der Waals surface area contributed by atoms with Gasteiger partial charge in [-0.15, -0.1) is 0 Å². The SMILES string of the molecule is CC(C)C(C)C(=O)N1CCCC1c1ncc(-c2ccc(C34CC3(c3ccc(-c5cnc(C6CCCN6C(=O)C(NC(=O)O)C(C)C)[nH]5)cc3)C4)cc2)n1C. The Kier molecular flexibility index (Phi) is 8.97. The number of carbonyl (C=O) groups is 3. The number of likely N-dealkylation sites (tertiary alicyclic amines) is 2. The Labute approximate surface area is 317 Å². The molecular formula is C43H53N7O4. The zero-order valence-electron chi connectivity index (χ0n) is 32.3. The Hall–Kier alpha value is -4.93. The molecule has 0 spiro atoms. The molecule has 2 saturated heterocycles. The van der Waals surface area contributed by atoms with Crippen molar-refractivity contribution in [2.75, 3.05) is 13.1 Å². The summed E-state index contributed by atoms with van der Waals surface area (Å²) in [7, 11) is 2.08. The summed E-state index contributed by atoms with van der Waals surface area (Å²) in [4.78, 5) is 54.9. The van der Waals surface area contributed by atoms with Crippen LogP contribution in [-0.2, 0) is 27.5 Å². The minimum absolute atomic E-state index is 0.000489. The fourth-order valence-corrected chi connectivity index (χ4v) is 9.42. The molecule has 54 heavy (non-hydrogen) atoms. The van der Waals surface area contributed by atoms with Crippen molar-refractivity contribution in [3.05, 3.63) is 83.7 Å². The van der Waals surface area contributed by atoms with Crippen LogP contribution in [0.25, 0.3) is 22.5 Å². The molecule has 11 nitrogen and oxygen atoms in total. The smallest absolute Gasteiger partial charge is 0.405 e. The van der Waals surface area contributed by atoms with E-state index in [0.717, 1.165) is 79.2 Å². The number of nitrogens with zero attached hydrogens (tertiary/aromatic N) is 5. The number of imidazole rings is 2. The van der Waals surface area contributed by atoms with Crippen molar-refractivity contribution < 1.29 is 19.5 Å². The molecule has 4 heterocycles. The molecular weight excluding hydrogens is 679 g/mol. The lowest BCUT2D eigenvalue weighted by atomic mass is 9.96. The summed E-state index contributed by atoms with van der Waals surface area (Å²) in [5.74, 6) is 1.88. The lowest BCUT2D eigenvalue weighted by molar-refractivity contribution is -0.137. The van der Waals surface area contributed by atoms with E-state index in [1.165, 1.54) is 11.1 Å². The Morgan fingerprint density at radius 3 is 1.93 bits per heavy atom. The van der Waals surface area contributed by atoms with Crippen LogP contribution < -0.4 is 5.32 Å². The van der Waals surface area contributed by atoms with E-state index in [9.17, 15) is 19.5 Å². The Morgan fingerprint density at radius 2 is 1.35 bits per heavy atom. The lowest BCUT2D eigenvalue weighted by Crippen LogP contribution is -2.50. The third-order valence-electron chi connectivity index (χ3n) is 13.3. The summed E-state index contributed by atoms with van der Waals surface area (Å²) >= 11 is 0. The van der Waals surface area contributed by atoms with Crippen LogP contribution in [0.2, 0.25) is 0 Å². The topological polar surface area (TPSA) is 136 Å². The predicted molar refractivity (Wildman–Crippen MR) is 206 cm³/mol. The van der Waals surface area contributed by atoms with Gasteiger partial charge in [0, 0.05) is 36.9 Å². The van der Waals surface area contributed by atoms with Crippen LogP contribution in [0.15, 0.2) is 60.9 Å². The number of amides is 3. The number of rotatable bonds is 11. The van der Waals surface area contributed by atoms with Gasteiger partial charge in [0.25, 0.3) is 0 Å². The van der Waals surface area contributed by atoms with E-state index in [1.807, 2.05) is 33.2 Å². The van der Waals surface area contributed by atoms with Gasteiger partial charge in [-0.1, -0.05) is 83.1 Å². The third kappa shape index (κ3) is 5.91. The number of aromatic nitrogens is 4. The summed E-state index contributed by atoms with van der Waals surface area (Å²) in [6, 6.07) is 16.9. The molecule has 0 bridgehead atoms. The van der Waals surface area contributed by atoms with Gasteiger partial charge in [-0.2, -0.15) is 0 Å². The molecule has 0 radical (unpaired) electrons. The minimum atomic E-state index is -1.19. The minimum Gasteiger partial charge on any atom is -0.465 e. The molecule has 2 aliphatic heterocycles. The van der Waals surface area contributed by atoms with Gasteiger partial charge < -0.3 is 29.8 Å². The van der Waals surface area contributed by atoms with Crippen LogP contribution in [-0.4, -0.2) is 71.5 Å². The van der Waals surface area contributed by atoms with E-state index < -0.39 is 12.1 Å². The van der Waals surface area contributed by atoms with Crippen LogP contribution in [0.3, 0.4) is 0 Å². The zero-order valence-corrected chi connectivity index (χ0v) is 32.3. The van der Waals surface area contributed by atoms with Crippen LogP contribution in [0, 0.1) is 17.8 Å². The van der Waals surface area contributed by atoms with Gasteiger partial charge in [0.05, 0.1) is 35.9 Å².